The van der Waals surface area contributed by atoms with Crippen LogP contribution in [-0.4, -0.2) is 61.2 Å². The van der Waals surface area contributed by atoms with Gasteiger partial charge >= 0.3 is 0 Å². The van der Waals surface area contributed by atoms with E-state index in [1.807, 2.05) is 42.2 Å². The monoisotopic (exact) mass is 480 g/mol. The van der Waals surface area contributed by atoms with E-state index in [9.17, 15) is 13.2 Å². The Balaban J connectivity index is 1.42. The molecule has 34 heavy (non-hydrogen) atoms. The number of amides is 1. The average Bonchev–Trinajstić information content (AvgIpc) is 2.83. The third-order valence-electron chi connectivity index (χ3n) is 6.39. The molecule has 1 fully saturated rings. The van der Waals surface area contributed by atoms with Crippen LogP contribution in [0.25, 0.3) is 10.9 Å². The maximum atomic E-state index is 13.4. The number of sulfonamides is 1. The average molecular weight is 481 g/mol. The predicted molar refractivity (Wildman–Crippen MR) is 136 cm³/mol. The molecule has 4 rings (SSSR count). The predicted octanol–water partition coefficient (Wildman–Crippen LogP) is 3.61. The maximum Gasteiger partial charge on any atom is 0.245 e. The molecule has 1 aliphatic heterocycles. The first-order valence-electron chi connectivity index (χ1n) is 11.8. The normalized spacial score (nSPS) is 15.5. The minimum absolute atomic E-state index is 0.0690. The summed E-state index contributed by atoms with van der Waals surface area (Å²) in [6.45, 7) is 8.01. The fraction of sp³-hybridized carbons (Fsp3) is 0.385. The summed E-state index contributed by atoms with van der Waals surface area (Å²) in [5, 5.41) is 3.91. The van der Waals surface area contributed by atoms with Crippen LogP contribution >= 0.6 is 0 Å². The number of carbonyl (C=O) groups is 1. The van der Waals surface area contributed by atoms with Crippen molar-refractivity contribution in [3.63, 3.8) is 0 Å². The summed E-state index contributed by atoms with van der Waals surface area (Å²) in [5.41, 5.74) is 4.65. The van der Waals surface area contributed by atoms with Gasteiger partial charge in [-0.15, -0.1) is 0 Å². The Morgan fingerprint density at radius 2 is 1.65 bits per heavy atom. The smallest absolute Gasteiger partial charge is 0.245 e. The number of benzene rings is 2. The molecule has 180 valence electrons. The largest absolute Gasteiger partial charge is 0.324 e. The number of carbonyl (C=O) groups excluding carboxylic acids is 1. The number of rotatable bonds is 7. The second-order valence-corrected chi connectivity index (χ2v) is 10.6. The third kappa shape index (κ3) is 4.99. The number of aromatic nitrogens is 1. The number of nitrogens with zero attached hydrogens (tertiary/aromatic N) is 3. The van der Waals surface area contributed by atoms with Crippen LogP contribution in [0.5, 0.6) is 0 Å². The van der Waals surface area contributed by atoms with E-state index in [1.54, 1.807) is 18.3 Å². The molecule has 3 aromatic rings. The zero-order valence-electron chi connectivity index (χ0n) is 20.0. The molecule has 0 unspecified atom stereocenters. The molecule has 7 nitrogen and oxygen atoms in total. The molecular weight excluding hydrogens is 448 g/mol. The fourth-order valence-electron chi connectivity index (χ4n) is 4.50. The van der Waals surface area contributed by atoms with Crippen LogP contribution in [0.2, 0.25) is 0 Å². The van der Waals surface area contributed by atoms with E-state index in [1.165, 1.54) is 4.31 Å². The van der Waals surface area contributed by atoms with Gasteiger partial charge < -0.3 is 5.32 Å². The first-order valence-corrected chi connectivity index (χ1v) is 13.3. The van der Waals surface area contributed by atoms with Crippen molar-refractivity contribution in [3.8, 4) is 0 Å². The van der Waals surface area contributed by atoms with Crippen molar-refractivity contribution in [2.75, 3.05) is 38.0 Å². The zero-order chi connectivity index (χ0) is 24.3. The van der Waals surface area contributed by atoms with Gasteiger partial charge in [0.15, 0.2) is 0 Å². The molecule has 2 aromatic carbocycles. The van der Waals surface area contributed by atoms with Gasteiger partial charge in [0.25, 0.3) is 0 Å². The van der Waals surface area contributed by atoms with Crippen LogP contribution in [0.4, 0.5) is 5.69 Å². The van der Waals surface area contributed by atoms with Crippen molar-refractivity contribution in [1.82, 2.24) is 14.2 Å². The number of nitrogens with one attached hydrogen (secondary N) is 1. The number of anilines is 1. The lowest BCUT2D eigenvalue weighted by molar-refractivity contribution is -0.117. The van der Waals surface area contributed by atoms with Crippen LogP contribution in [-0.2, 0) is 27.7 Å². The summed E-state index contributed by atoms with van der Waals surface area (Å²) in [7, 11) is -3.68. The van der Waals surface area contributed by atoms with Crippen LogP contribution in [0, 0.1) is 6.92 Å². The number of hydrogen-bond acceptors (Lipinski definition) is 5. The van der Waals surface area contributed by atoms with E-state index < -0.39 is 10.0 Å². The van der Waals surface area contributed by atoms with Gasteiger partial charge in [-0.2, -0.15) is 4.31 Å². The van der Waals surface area contributed by atoms with E-state index in [0.29, 0.717) is 31.7 Å². The first-order chi connectivity index (χ1) is 16.3. The fourth-order valence-corrected chi connectivity index (χ4v) is 6.09. The Bertz CT molecular complexity index is 1280. The van der Waals surface area contributed by atoms with Gasteiger partial charge in [0.05, 0.1) is 12.1 Å². The summed E-state index contributed by atoms with van der Waals surface area (Å²) in [6, 6.07) is 13.3. The standard InChI is InChI=1S/C26H32N4O3S/c1-4-20-8-6-9-21(5-2)25(20)28-24(31)18-29-12-14-30(15-13-29)34(32,33)23-11-7-10-22-16-19(3)17-27-26(22)23/h6-11,16-17H,4-5,12-15,18H2,1-3H3,(H,28,31). The summed E-state index contributed by atoms with van der Waals surface area (Å²) in [6.07, 6.45) is 3.39. The molecule has 0 bridgehead atoms. The lowest BCUT2D eigenvalue weighted by Crippen LogP contribution is -2.50. The molecule has 1 saturated heterocycles. The van der Waals surface area contributed by atoms with Crippen molar-refractivity contribution in [1.29, 1.82) is 0 Å². The highest BCUT2D eigenvalue weighted by Gasteiger charge is 2.30. The first kappa shape index (κ1) is 24.3. The minimum atomic E-state index is -3.68. The molecule has 1 N–H and O–H groups in total. The highest BCUT2D eigenvalue weighted by atomic mass is 32.2. The molecule has 1 aliphatic rings. The molecule has 0 radical (unpaired) electrons. The summed E-state index contributed by atoms with van der Waals surface area (Å²) < 4.78 is 28.3. The van der Waals surface area contributed by atoms with Crippen molar-refractivity contribution in [2.24, 2.45) is 0 Å². The molecule has 1 aromatic heterocycles. The topological polar surface area (TPSA) is 82.6 Å². The quantitative estimate of drug-likeness (QED) is 0.559. The lowest BCUT2D eigenvalue weighted by Gasteiger charge is -2.33. The van der Waals surface area contributed by atoms with Crippen LogP contribution in [0.15, 0.2) is 53.6 Å². The van der Waals surface area contributed by atoms with Crippen molar-refractivity contribution in [2.45, 2.75) is 38.5 Å². The number of aryl methyl sites for hydroxylation is 3. The van der Waals surface area contributed by atoms with Gasteiger partial charge in [0.2, 0.25) is 15.9 Å². The summed E-state index contributed by atoms with van der Waals surface area (Å²) in [5.74, 6) is -0.0690. The Labute approximate surface area is 201 Å². The van der Waals surface area contributed by atoms with Gasteiger partial charge in [-0.3, -0.25) is 14.7 Å². The Kier molecular flexibility index (Phi) is 7.30. The van der Waals surface area contributed by atoms with E-state index >= 15 is 0 Å². The summed E-state index contributed by atoms with van der Waals surface area (Å²) >= 11 is 0. The van der Waals surface area contributed by atoms with E-state index in [0.717, 1.165) is 40.6 Å². The molecule has 0 aliphatic carbocycles. The number of pyridine rings is 1. The van der Waals surface area contributed by atoms with Gasteiger partial charge in [0, 0.05) is 43.4 Å². The number of para-hydroxylation sites is 2. The van der Waals surface area contributed by atoms with Crippen LogP contribution < -0.4 is 5.32 Å². The van der Waals surface area contributed by atoms with Gasteiger partial charge in [-0.25, -0.2) is 8.42 Å². The number of hydrogen-bond donors (Lipinski definition) is 1. The number of piperazine rings is 1. The Morgan fingerprint density at radius 3 is 2.29 bits per heavy atom. The second-order valence-electron chi connectivity index (χ2n) is 8.73. The second kappa shape index (κ2) is 10.2. The Morgan fingerprint density at radius 1 is 1.00 bits per heavy atom. The van der Waals surface area contributed by atoms with Crippen molar-refractivity contribution < 1.29 is 13.2 Å². The molecule has 0 saturated carbocycles. The van der Waals surface area contributed by atoms with E-state index in [2.05, 4.69) is 24.1 Å². The van der Waals surface area contributed by atoms with Gasteiger partial charge in [0.1, 0.15) is 4.90 Å². The van der Waals surface area contributed by atoms with Crippen molar-refractivity contribution >= 4 is 32.5 Å². The Hall–Kier alpha value is -2.81. The molecule has 0 atom stereocenters. The zero-order valence-corrected chi connectivity index (χ0v) is 20.9. The SMILES string of the molecule is CCc1cccc(CC)c1NC(=O)CN1CCN(S(=O)(=O)c2cccc3cc(C)cnc23)CC1. The lowest BCUT2D eigenvalue weighted by atomic mass is 10.0. The molecular formula is C26H32N4O3S. The maximum absolute atomic E-state index is 13.4. The molecule has 0 spiro atoms. The highest BCUT2D eigenvalue weighted by Crippen LogP contribution is 2.26. The summed E-state index contributed by atoms with van der Waals surface area (Å²) in [4.78, 5) is 19.4. The van der Waals surface area contributed by atoms with Gasteiger partial charge in [-0.05, 0) is 48.6 Å². The van der Waals surface area contributed by atoms with E-state index in [4.69, 9.17) is 0 Å². The van der Waals surface area contributed by atoms with Crippen LogP contribution in [0.3, 0.4) is 0 Å². The van der Waals surface area contributed by atoms with E-state index in [-0.39, 0.29) is 17.3 Å². The van der Waals surface area contributed by atoms with Crippen molar-refractivity contribution in [3.05, 3.63) is 65.4 Å². The minimum Gasteiger partial charge on any atom is -0.324 e. The highest BCUT2D eigenvalue weighted by molar-refractivity contribution is 7.89. The molecule has 2 heterocycles. The molecule has 8 heteroatoms. The number of fused-ring (bicyclic) bond motifs is 1. The van der Waals surface area contributed by atoms with Crippen LogP contribution in [0.1, 0.15) is 30.5 Å². The van der Waals surface area contributed by atoms with Gasteiger partial charge in [-0.1, -0.05) is 44.2 Å². The third-order valence-corrected chi connectivity index (χ3v) is 8.32. The molecule has 1 amide bonds.